The molecule has 3 aromatic carbocycles. The van der Waals surface area contributed by atoms with Crippen molar-refractivity contribution in [2.45, 2.75) is 45.2 Å². The monoisotopic (exact) mass is 541 g/mol. The fourth-order valence-electron chi connectivity index (χ4n) is 5.70. The number of hydrogen-bond acceptors (Lipinski definition) is 2. The molecule has 0 bridgehead atoms. The number of carbonyl (C=O) groups excluding carboxylic acids is 1. The summed E-state index contributed by atoms with van der Waals surface area (Å²) in [5, 5.41) is 2.44. The molecule has 4 aromatic rings. The summed E-state index contributed by atoms with van der Waals surface area (Å²) in [6, 6.07) is 13.0. The number of benzene rings is 3. The van der Waals surface area contributed by atoms with E-state index in [1.54, 1.807) is 6.07 Å². The Balaban J connectivity index is 1.34. The molecule has 1 N–H and O–H groups in total. The molecule has 0 aliphatic heterocycles. The Kier molecular flexibility index (Phi) is 6.95. The van der Waals surface area contributed by atoms with Gasteiger partial charge < -0.3 is 9.88 Å². The number of alkyl halides is 3. The number of amides is 1. The Hall–Kier alpha value is -3.75. The van der Waals surface area contributed by atoms with Gasteiger partial charge >= 0.3 is 6.18 Å². The lowest BCUT2D eigenvalue weighted by Crippen LogP contribution is -2.34. The van der Waals surface area contributed by atoms with E-state index in [1.165, 1.54) is 6.07 Å². The first-order chi connectivity index (χ1) is 18.4. The van der Waals surface area contributed by atoms with Crippen LogP contribution >= 0.6 is 0 Å². The second-order valence-corrected chi connectivity index (χ2v) is 10.3. The Morgan fingerprint density at radius 3 is 2.38 bits per heavy atom. The molecule has 1 heterocycles. The van der Waals surface area contributed by atoms with Gasteiger partial charge in [0.2, 0.25) is 5.91 Å². The van der Waals surface area contributed by atoms with Gasteiger partial charge in [-0.15, -0.1) is 0 Å². The van der Waals surface area contributed by atoms with E-state index in [-0.39, 0.29) is 23.3 Å². The van der Waals surface area contributed by atoms with Crippen LogP contribution in [0.5, 0.6) is 0 Å². The number of aromatic nitrogens is 2. The minimum absolute atomic E-state index is 0.234. The van der Waals surface area contributed by atoms with Crippen LogP contribution < -0.4 is 5.32 Å². The van der Waals surface area contributed by atoms with E-state index in [1.807, 2.05) is 49.7 Å². The SMILES string of the molecule is Cc1nc2cc(-c3ccc(C4CCCC(C(=O)Nc5ccc(C(F)(F)F)cc5F)[C@@H]4C)c(F)c3)ccc2n1C. The minimum Gasteiger partial charge on any atom is -0.331 e. The molecule has 1 saturated carbocycles. The summed E-state index contributed by atoms with van der Waals surface area (Å²) in [5.74, 6) is -2.16. The summed E-state index contributed by atoms with van der Waals surface area (Å²) < 4.78 is 70.3. The van der Waals surface area contributed by atoms with Gasteiger partial charge in [-0.2, -0.15) is 13.2 Å². The maximum atomic E-state index is 15.5. The van der Waals surface area contributed by atoms with Gasteiger partial charge in [-0.25, -0.2) is 13.8 Å². The van der Waals surface area contributed by atoms with Gasteiger partial charge in [-0.1, -0.05) is 31.5 Å². The van der Waals surface area contributed by atoms with Crippen molar-refractivity contribution in [1.82, 2.24) is 9.55 Å². The van der Waals surface area contributed by atoms with Crippen LogP contribution in [0, 0.1) is 30.4 Å². The Morgan fingerprint density at radius 1 is 0.974 bits per heavy atom. The van der Waals surface area contributed by atoms with Gasteiger partial charge in [0.05, 0.1) is 22.3 Å². The highest BCUT2D eigenvalue weighted by molar-refractivity contribution is 5.93. The standard InChI is InChI=1S/C30H28F5N3O/c1-16-21(5-4-6-22(16)29(39)37-26-11-9-20(15-25(26)32)30(33,34)35)23-10-7-18(13-24(23)31)19-8-12-28-27(14-19)36-17(2)38(28)3/h7-16,21-22H,4-6H2,1-3H3,(H,37,39)/t16-,21?,22?/m1/s1. The predicted octanol–water partition coefficient (Wildman–Crippen LogP) is 8.00. The number of nitrogens with one attached hydrogen (secondary N) is 1. The Labute approximate surface area is 222 Å². The molecule has 39 heavy (non-hydrogen) atoms. The number of aryl methyl sites for hydroxylation is 2. The van der Waals surface area contributed by atoms with E-state index < -0.39 is 29.4 Å². The molecule has 1 aromatic heterocycles. The number of fused-ring (bicyclic) bond motifs is 1. The molecule has 1 amide bonds. The fourth-order valence-corrected chi connectivity index (χ4v) is 5.70. The van der Waals surface area contributed by atoms with Gasteiger partial charge in [-0.3, -0.25) is 4.79 Å². The number of imidazole rings is 1. The maximum Gasteiger partial charge on any atom is 0.416 e. The molecule has 1 fully saturated rings. The average Bonchev–Trinajstić information content (AvgIpc) is 3.17. The van der Waals surface area contributed by atoms with Gasteiger partial charge in [0.25, 0.3) is 0 Å². The first-order valence-corrected chi connectivity index (χ1v) is 12.8. The zero-order valence-electron chi connectivity index (χ0n) is 21.7. The van der Waals surface area contributed by atoms with Crippen LogP contribution in [0.1, 0.15) is 49.1 Å². The number of hydrogen-bond donors (Lipinski definition) is 1. The summed E-state index contributed by atoms with van der Waals surface area (Å²) in [6.45, 7) is 3.79. The van der Waals surface area contributed by atoms with Crippen LogP contribution in [0.4, 0.5) is 27.6 Å². The van der Waals surface area contributed by atoms with E-state index >= 15 is 4.39 Å². The van der Waals surface area contributed by atoms with Crippen molar-refractivity contribution in [2.75, 3.05) is 5.32 Å². The lowest BCUT2D eigenvalue weighted by Gasteiger charge is -2.35. The summed E-state index contributed by atoms with van der Waals surface area (Å²) in [6.07, 6.45) is -2.80. The average molecular weight is 542 g/mol. The number of carbonyl (C=O) groups is 1. The lowest BCUT2D eigenvalue weighted by atomic mass is 9.69. The van der Waals surface area contributed by atoms with Crippen LogP contribution in [-0.4, -0.2) is 15.5 Å². The minimum atomic E-state index is -4.68. The normalized spacial score (nSPS) is 19.8. The molecular formula is C30H28F5N3O. The van der Waals surface area contributed by atoms with Gasteiger partial charge in [-0.05, 0) is 84.7 Å². The van der Waals surface area contributed by atoms with Crippen molar-refractivity contribution in [3.8, 4) is 11.1 Å². The number of rotatable bonds is 4. The van der Waals surface area contributed by atoms with Crippen molar-refractivity contribution in [1.29, 1.82) is 0 Å². The van der Waals surface area contributed by atoms with Crippen LogP contribution in [0.2, 0.25) is 0 Å². The van der Waals surface area contributed by atoms with Crippen molar-refractivity contribution in [3.05, 3.63) is 83.2 Å². The first kappa shape index (κ1) is 26.8. The Bertz CT molecular complexity index is 1560. The third-order valence-electron chi connectivity index (χ3n) is 8.03. The molecule has 2 unspecified atom stereocenters. The third-order valence-corrected chi connectivity index (χ3v) is 8.03. The zero-order valence-corrected chi connectivity index (χ0v) is 21.7. The highest BCUT2D eigenvalue weighted by Gasteiger charge is 2.37. The molecule has 0 radical (unpaired) electrons. The van der Waals surface area contributed by atoms with Crippen LogP contribution in [-0.2, 0) is 18.0 Å². The second-order valence-electron chi connectivity index (χ2n) is 10.3. The van der Waals surface area contributed by atoms with Gasteiger partial charge in [0.1, 0.15) is 17.5 Å². The molecule has 0 spiro atoms. The van der Waals surface area contributed by atoms with Gasteiger partial charge in [0, 0.05) is 13.0 Å². The van der Waals surface area contributed by atoms with Crippen LogP contribution in [0.3, 0.4) is 0 Å². The largest absolute Gasteiger partial charge is 0.416 e. The van der Waals surface area contributed by atoms with Gasteiger partial charge in [0.15, 0.2) is 0 Å². The maximum absolute atomic E-state index is 15.5. The molecule has 3 atom stereocenters. The summed E-state index contributed by atoms with van der Waals surface area (Å²) in [7, 11) is 1.94. The van der Waals surface area contributed by atoms with E-state index in [4.69, 9.17) is 0 Å². The van der Waals surface area contributed by atoms with E-state index in [0.717, 1.165) is 40.1 Å². The second kappa shape index (κ2) is 10.1. The van der Waals surface area contributed by atoms with E-state index in [9.17, 15) is 22.4 Å². The quantitative estimate of drug-likeness (QED) is 0.266. The summed E-state index contributed by atoms with van der Waals surface area (Å²) in [4.78, 5) is 17.6. The summed E-state index contributed by atoms with van der Waals surface area (Å²) in [5.41, 5.74) is 2.46. The van der Waals surface area contributed by atoms with E-state index in [0.29, 0.717) is 30.9 Å². The summed E-state index contributed by atoms with van der Waals surface area (Å²) >= 11 is 0. The highest BCUT2D eigenvalue weighted by Crippen LogP contribution is 2.43. The van der Waals surface area contributed by atoms with Crippen molar-refractivity contribution in [3.63, 3.8) is 0 Å². The molecule has 1 aliphatic rings. The number of halogens is 5. The van der Waals surface area contributed by atoms with Crippen molar-refractivity contribution >= 4 is 22.6 Å². The fraction of sp³-hybridized carbons (Fsp3) is 0.333. The van der Waals surface area contributed by atoms with Crippen molar-refractivity contribution < 1.29 is 26.7 Å². The molecule has 4 nitrogen and oxygen atoms in total. The molecule has 0 saturated heterocycles. The molecule has 9 heteroatoms. The smallest absolute Gasteiger partial charge is 0.331 e. The lowest BCUT2D eigenvalue weighted by molar-refractivity contribution is -0.137. The number of nitrogens with zero attached hydrogens (tertiary/aromatic N) is 2. The van der Waals surface area contributed by atoms with Crippen LogP contribution in [0.25, 0.3) is 22.2 Å². The highest BCUT2D eigenvalue weighted by atomic mass is 19.4. The van der Waals surface area contributed by atoms with Crippen LogP contribution in [0.15, 0.2) is 54.6 Å². The first-order valence-electron chi connectivity index (χ1n) is 12.8. The molecule has 5 rings (SSSR count). The number of anilines is 1. The predicted molar refractivity (Wildman–Crippen MR) is 140 cm³/mol. The molecule has 1 aliphatic carbocycles. The molecule has 204 valence electrons. The third kappa shape index (κ3) is 5.14. The Morgan fingerprint density at radius 2 is 1.69 bits per heavy atom. The van der Waals surface area contributed by atoms with E-state index in [2.05, 4.69) is 10.3 Å². The zero-order chi connectivity index (χ0) is 28.1. The van der Waals surface area contributed by atoms with Crippen molar-refractivity contribution in [2.24, 2.45) is 18.9 Å². The topological polar surface area (TPSA) is 46.9 Å². The molecular weight excluding hydrogens is 513 g/mol.